The second-order valence-electron chi connectivity index (χ2n) is 12.6. The second-order valence-corrected chi connectivity index (χ2v) is 17.3. The third kappa shape index (κ3) is 9.98. The van der Waals surface area contributed by atoms with Crippen LogP contribution in [0.15, 0.2) is 69.5 Å². The molecule has 0 spiro atoms. The molecule has 0 unspecified atom stereocenters. The zero-order chi connectivity index (χ0) is 36.2. The van der Waals surface area contributed by atoms with Gasteiger partial charge in [0.1, 0.15) is 22.6 Å². The molecule has 4 rings (SSSR count). The Kier molecular flexibility index (Phi) is 11.8. The minimum absolute atomic E-state index is 0.00732. The van der Waals surface area contributed by atoms with E-state index in [1.54, 1.807) is 20.8 Å². The Bertz CT molecular complexity index is 1850. The maximum Gasteiger partial charge on any atom is 0.501 e. The number of anilines is 2. The highest BCUT2D eigenvalue weighted by Gasteiger charge is 2.48. The van der Waals surface area contributed by atoms with E-state index >= 15 is 0 Å². The summed E-state index contributed by atoms with van der Waals surface area (Å²) in [6, 6.07) is 11.4. The van der Waals surface area contributed by atoms with Crippen LogP contribution in [0.4, 0.5) is 29.5 Å². The number of aromatic nitrogens is 2. The molecule has 1 aliphatic heterocycles. The van der Waals surface area contributed by atoms with Gasteiger partial charge in [0.2, 0.25) is 0 Å². The molecule has 1 aromatic heterocycles. The molecule has 268 valence electrons. The number of hydrogen-bond acceptors (Lipinski definition) is 11. The van der Waals surface area contributed by atoms with Crippen molar-refractivity contribution in [2.75, 3.05) is 43.0 Å². The predicted octanol–water partition coefficient (Wildman–Crippen LogP) is 5.39. The summed E-state index contributed by atoms with van der Waals surface area (Å²) in [6.07, 6.45) is 1.11. The van der Waals surface area contributed by atoms with Crippen molar-refractivity contribution in [3.8, 4) is 0 Å². The van der Waals surface area contributed by atoms with Crippen molar-refractivity contribution in [3.63, 3.8) is 0 Å². The molecule has 3 aromatic rings. The van der Waals surface area contributed by atoms with E-state index in [0.29, 0.717) is 36.0 Å². The molecular formula is C31H39F3N6O6S3. The Morgan fingerprint density at radius 1 is 1.06 bits per heavy atom. The van der Waals surface area contributed by atoms with Gasteiger partial charge in [-0.15, -0.1) is 11.8 Å². The number of carbonyl (C=O) groups excluding carboxylic acids is 1. The summed E-state index contributed by atoms with van der Waals surface area (Å²) in [5.74, 6) is 0.243. The van der Waals surface area contributed by atoms with E-state index in [0.717, 1.165) is 23.4 Å². The number of halogens is 3. The number of alkyl halides is 3. The quantitative estimate of drug-likeness (QED) is 0.230. The van der Waals surface area contributed by atoms with Gasteiger partial charge in [0.25, 0.3) is 19.9 Å². The first-order valence-electron chi connectivity index (χ1n) is 15.1. The third-order valence-corrected chi connectivity index (χ3v) is 11.3. The molecule has 2 aromatic carbocycles. The number of rotatable bonds is 12. The average molecular weight is 745 g/mol. The summed E-state index contributed by atoms with van der Waals surface area (Å²) >= 11 is 1.44. The molecule has 0 saturated carbocycles. The van der Waals surface area contributed by atoms with Crippen molar-refractivity contribution in [1.29, 1.82) is 0 Å². The number of hydrogen-bond donors (Lipinski definition) is 2. The van der Waals surface area contributed by atoms with E-state index in [1.165, 1.54) is 16.7 Å². The summed E-state index contributed by atoms with van der Waals surface area (Å²) in [6.45, 7) is 5.88. The highest BCUT2D eigenvalue weighted by atomic mass is 32.2. The lowest BCUT2D eigenvalue weighted by Gasteiger charge is -2.31. The van der Waals surface area contributed by atoms with Crippen LogP contribution in [0.1, 0.15) is 38.4 Å². The largest absolute Gasteiger partial charge is 0.501 e. The summed E-state index contributed by atoms with van der Waals surface area (Å²) in [5, 5.41) is 2.94. The van der Waals surface area contributed by atoms with Gasteiger partial charge in [0, 0.05) is 28.8 Å². The fourth-order valence-corrected chi connectivity index (χ4v) is 7.88. The van der Waals surface area contributed by atoms with Gasteiger partial charge < -0.3 is 19.9 Å². The number of sulfone groups is 1. The van der Waals surface area contributed by atoms with Gasteiger partial charge in [-0.25, -0.2) is 31.6 Å². The van der Waals surface area contributed by atoms with Crippen LogP contribution in [0, 0.1) is 0 Å². The molecule has 1 aliphatic rings. The Hall–Kier alpha value is -3.61. The summed E-state index contributed by atoms with van der Waals surface area (Å²) in [7, 11) is -6.99. The van der Waals surface area contributed by atoms with Crippen LogP contribution in [0.3, 0.4) is 0 Å². The fourth-order valence-electron chi connectivity index (χ4n) is 4.79. The van der Waals surface area contributed by atoms with Gasteiger partial charge in [-0.2, -0.15) is 13.2 Å². The number of amides is 1. The molecule has 0 radical (unpaired) electrons. The van der Waals surface area contributed by atoms with E-state index in [9.17, 15) is 34.8 Å². The minimum Gasteiger partial charge on any atom is -0.444 e. The van der Waals surface area contributed by atoms with Crippen LogP contribution in [-0.4, -0.2) is 92.8 Å². The lowest BCUT2D eigenvalue weighted by atomic mass is 10.1. The topological polar surface area (TPSA) is 151 Å². The summed E-state index contributed by atoms with van der Waals surface area (Å²) < 4.78 is 102. The van der Waals surface area contributed by atoms with Gasteiger partial charge in [-0.05, 0) is 84.6 Å². The SMILES string of the molecule is CN(C)CC[C@H](CSc1ccccc1)Nc1ccc(S(=O)(=O)Nc2ncnc3c2CCN(C(=O)OC(C)(C)C)C3)cc1S(=O)(=O)C(F)(F)F. The first kappa shape index (κ1) is 38.2. The first-order chi connectivity index (χ1) is 22.8. The first-order valence-corrected chi connectivity index (χ1v) is 19.1. The maximum absolute atomic E-state index is 14.0. The van der Waals surface area contributed by atoms with Crippen molar-refractivity contribution in [2.45, 2.75) is 72.0 Å². The van der Waals surface area contributed by atoms with Gasteiger partial charge in [-0.1, -0.05) is 18.2 Å². The van der Waals surface area contributed by atoms with E-state index in [1.807, 2.05) is 49.3 Å². The van der Waals surface area contributed by atoms with Crippen molar-refractivity contribution in [2.24, 2.45) is 0 Å². The lowest BCUT2D eigenvalue weighted by molar-refractivity contribution is -0.0436. The molecule has 1 atom stereocenters. The van der Waals surface area contributed by atoms with E-state index in [4.69, 9.17) is 4.74 Å². The van der Waals surface area contributed by atoms with Crippen LogP contribution in [0.2, 0.25) is 0 Å². The zero-order valence-electron chi connectivity index (χ0n) is 27.6. The van der Waals surface area contributed by atoms with Gasteiger partial charge >= 0.3 is 11.6 Å². The molecule has 2 heterocycles. The molecule has 18 heteroatoms. The molecule has 0 aliphatic carbocycles. The van der Waals surface area contributed by atoms with Crippen molar-refractivity contribution >= 4 is 49.2 Å². The smallest absolute Gasteiger partial charge is 0.444 e. The van der Waals surface area contributed by atoms with Gasteiger partial charge in [-0.3, -0.25) is 4.72 Å². The van der Waals surface area contributed by atoms with Gasteiger partial charge in [0.05, 0.1) is 22.8 Å². The number of fused-ring (bicyclic) bond motifs is 1. The fraction of sp³-hybridized carbons (Fsp3) is 0.452. The molecule has 1 amide bonds. The number of benzene rings is 2. The molecule has 49 heavy (non-hydrogen) atoms. The van der Waals surface area contributed by atoms with Crippen LogP contribution < -0.4 is 10.0 Å². The standard InChI is InChI=1S/C31H39F3N6O6S3/c1-30(2,3)46-29(41)40-16-14-24-26(18-40)35-20-36-28(24)38-49(44,45)23-11-12-25(27(17-23)48(42,43)31(32,33)34)37-21(13-15-39(4)5)19-47-22-9-7-6-8-10-22/h6-12,17,20-21,37H,13-16,18-19H2,1-5H3,(H,35,36,38)/t21-/m1/s1. The lowest BCUT2D eigenvalue weighted by Crippen LogP contribution is -2.40. The summed E-state index contributed by atoms with van der Waals surface area (Å²) in [5.41, 5.74) is -6.09. The van der Waals surface area contributed by atoms with E-state index in [-0.39, 0.29) is 31.0 Å². The van der Waals surface area contributed by atoms with Crippen LogP contribution in [0.5, 0.6) is 0 Å². The van der Waals surface area contributed by atoms with Crippen LogP contribution in [0.25, 0.3) is 0 Å². The number of nitrogens with one attached hydrogen (secondary N) is 2. The van der Waals surface area contributed by atoms with E-state index in [2.05, 4.69) is 20.0 Å². The molecule has 0 bridgehead atoms. The molecule has 12 nitrogen and oxygen atoms in total. The zero-order valence-corrected chi connectivity index (χ0v) is 30.1. The maximum atomic E-state index is 14.0. The highest BCUT2D eigenvalue weighted by molar-refractivity contribution is 7.99. The second kappa shape index (κ2) is 15.1. The van der Waals surface area contributed by atoms with Crippen LogP contribution in [-0.2, 0) is 37.6 Å². The number of carbonyl (C=O) groups is 1. The number of ether oxygens (including phenoxy) is 1. The highest BCUT2D eigenvalue weighted by Crippen LogP contribution is 2.37. The number of thioether (sulfide) groups is 1. The normalized spacial score (nSPS) is 14.7. The molecule has 0 fully saturated rings. The Morgan fingerprint density at radius 3 is 2.39 bits per heavy atom. The molecular weight excluding hydrogens is 706 g/mol. The Balaban J connectivity index is 1.65. The Morgan fingerprint density at radius 2 is 1.76 bits per heavy atom. The molecule has 0 saturated heterocycles. The number of sulfonamides is 1. The Labute approximate surface area is 288 Å². The van der Waals surface area contributed by atoms with Crippen molar-refractivity contribution < 1.29 is 39.5 Å². The third-order valence-electron chi connectivity index (χ3n) is 7.23. The predicted molar refractivity (Wildman–Crippen MR) is 181 cm³/mol. The monoisotopic (exact) mass is 744 g/mol. The van der Waals surface area contributed by atoms with Crippen LogP contribution >= 0.6 is 11.8 Å². The minimum atomic E-state index is -6.00. The average Bonchev–Trinajstić information content (AvgIpc) is 3.01. The number of nitrogens with zero attached hydrogens (tertiary/aromatic N) is 4. The summed E-state index contributed by atoms with van der Waals surface area (Å²) in [4.78, 5) is 23.0. The van der Waals surface area contributed by atoms with Crippen molar-refractivity contribution in [3.05, 3.63) is 66.1 Å². The van der Waals surface area contributed by atoms with Crippen molar-refractivity contribution in [1.82, 2.24) is 19.8 Å². The van der Waals surface area contributed by atoms with E-state index < -0.39 is 52.9 Å². The van der Waals surface area contributed by atoms with Gasteiger partial charge in [0.15, 0.2) is 0 Å². The molecule has 2 N–H and O–H groups in total.